The highest BCUT2D eigenvalue weighted by molar-refractivity contribution is 5.70. The Balaban J connectivity index is 1.90. The Hall–Kier alpha value is -4.35. The van der Waals surface area contributed by atoms with Crippen LogP contribution < -0.4 is 0 Å². The molecule has 4 rings (SSSR count). The lowest BCUT2D eigenvalue weighted by Crippen LogP contribution is -2.00. The molecular weight excluding hydrogens is 382 g/mol. The van der Waals surface area contributed by atoms with Gasteiger partial charge in [-0.15, -0.1) is 0 Å². The van der Waals surface area contributed by atoms with Crippen LogP contribution in [0.25, 0.3) is 43.9 Å². The fourth-order valence-corrected chi connectivity index (χ4v) is 3.21. The summed E-state index contributed by atoms with van der Waals surface area (Å²) < 4.78 is 0. The molecular formula is C26H19N5. The molecule has 1 heterocycles. The van der Waals surface area contributed by atoms with E-state index in [0.717, 1.165) is 16.7 Å². The van der Waals surface area contributed by atoms with Gasteiger partial charge in [-0.25, -0.2) is 24.6 Å². The highest BCUT2D eigenvalue weighted by Crippen LogP contribution is 2.28. The van der Waals surface area contributed by atoms with E-state index < -0.39 is 0 Å². The van der Waals surface area contributed by atoms with Crippen molar-refractivity contribution in [1.29, 1.82) is 0 Å². The maximum absolute atomic E-state index is 7.30. The van der Waals surface area contributed by atoms with Crippen molar-refractivity contribution >= 4 is 11.4 Å². The maximum Gasteiger partial charge on any atom is 0.187 e. The second-order valence-corrected chi connectivity index (χ2v) is 7.41. The second kappa shape index (κ2) is 8.57. The third-order valence-corrected chi connectivity index (χ3v) is 4.94. The predicted octanol–water partition coefficient (Wildman–Crippen LogP) is 7.10. The van der Waals surface area contributed by atoms with Crippen LogP contribution in [0.4, 0.5) is 11.4 Å². The first-order chi connectivity index (χ1) is 15.1. The summed E-state index contributed by atoms with van der Waals surface area (Å²) in [5.74, 6) is 1.97. The number of nitrogens with zero attached hydrogens (tertiary/aromatic N) is 5. The van der Waals surface area contributed by atoms with Gasteiger partial charge in [0.1, 0.15) is 0 Å². The highest BCUT2D eigenvalue weighted by atomic mass is 15.0. The van der Waals surface area contributed by atoms with Crippen molar-refractivity contribution in [3.8, 4) is 34.2 Å². The Bertz CT molecular complexity index is 1250. The van der Waals surface area contributed by atoms with Gasteiger partial charge in [0.05, 0.1) is 13.1 Å². The molecule has 0 aliphatic carbocycles. The zero-order chi connectivity index (χ0) is 21.8. The zero-order valence-electron chi connectivity index (χ0n) is 17.2. The first kappa shape index (κ1) is 19.9. The predicted molar refractivity (Wildman–Crippen MR) is 123 cm³/mol. The standard InChI is InChI=1S/C26H19N5/c1-17(2)18-11-13-19(14-12-18)24-29-25(20-7-5-9-22(15-20)27-3)31-26(30-24)21-8-6-10-23(16-21)28-4/h5-17H,1-2H3. The van der Waals surface area contributed by atoms with Crippen molar-refractivity contribution in [2.75, 3.05) is 0 Å². The van der Waals surface area contributed by atoms with Gasteiger partial charge in [-0.05, 0) is 23.6 Å². The summed E-state index contributed by atoms with van der Waals surface area (Å²) in [7, 11) is 0. The van der Waals surface area contributed by atoms with E-state index in [4.69, 9.17) is 23.1 Å². The van der Waals surface area contributed by atoms with Crippen LogP contribution in [0.5, 0.6) is 0 Å². The number of benzene rings is 3. The molecule has 31 heavy (non-hydrogen) atoms. The molecule has 0 radical (unpaired) electrons. The fraction of sp³-hybridized carbons (Fsp3) is 0.115. The van der Waals surface area contributed by atoms with Crippen molar-refractivity contribution in [3.63, 3.8) is 0 Å². The topological polar surface area (TPSA) is 47.4 Å². The Morgan fingerprint density at radius 3 is 1.48 bits per heavy atom. The average molecular weight is 401 g/mol. The molecule has 0 aliphatic heterocycles. The summed E-state index contributed by atoms with van der Waals surface area (Å²) >= 11 is 0. The molecule has 4 aromatic rings. The fourth-order valence-electron chi connectivity index (χ4n) is 3.21. The minimum absolute atomic E-state index is 0.436. The van der Waals surface area contributed by atoms with E-state index in [1.165, 1.54) is 5.56 Å². The zero-order valence-corrected chi connectivity index (χ0v) is 17.2. The van der Waals surface area contributed by atoms with Crippen LogP contribution in [0.1, 0.15) is 25.3 Å². The van der Waals surface area contributed by atoms with Gasteiger partial charge in [-0.2, -0.15) is 0 Å². The van der Waals surface area contributed by atoms with E-state index >= 15 is 0 Å². The van der Waals surface area contributed by atoms with E-state index in [-0.39, 0.29) is 0 Å². The largest absolute Gasteiger partial charge is 0.238 e. The van der Waals surface area contributed by atoms with Crippen molar-refractivity contribution < 1.29 is 0 Å². The van der Waals surface area contributed by atoms with E-state index in [2.05, 4.69) is 40.7 Å². The molecule has 5 nitrogen and oxygen atoms in total. The van der Waals surface area contributed by atoms with Crippen LogP contribution in [0.2, 0.25) is 0 Å². The average Bonchev–Trinajstić information content (AvgIpc) is 2.84. The third kappa shape index (κ3) is 4.32. The maximum atomic E-state index is 7.30. The van der Waals surface area contributed by atoms with E-state index in [0.29, 0.717) is 34.8 Å². The van der Waals surface area contributed by atoms with Crippen LogP contribution in [0, 0.1) is 13.1 Å². The normalized spacial score (nSPS) is 10.5. The van der Waals surface area contributed by atoms with Gasteiger partial charge in [0.2, 0.25) is 0 Å². The van der Waals surface area contributed by atoms with Crippen LogP contribution >= 0.6 is 0 Å². The summed E-state index contributed by atoms with van der Waals surface area (Å²) in [5.41, 5.74) is 4.68. The van der Waals surface area contributed by atoms with Crippen molar-refractivity contribution in [2.24, 2.45) is 0 Å². The van der Waals surface area contributed by atoms with Crippen LogP contribution in [-0.4, -0.2) is 15.0 Å². The Labute approximate surface area is 181 Å². The molecule has 0 saturated heterocycles. The van der Waals surface area contributed by atoms with Gasteiger partial charge in [0, 0.05) is 16.7 Å². The van der Waals surface area contributed by atoms with Crippen molar-refractivity contribution in [3.05, 3.63) is 101 Å². The van der Waals surface area contributed by atoms with Gasteiger partial charge in [-0.1, -0.05) is 74.5 Å². The highest BCUT2D eigenvalue weighted by Gasteiger charge is 2.13. The van der Waals surface area contributed by atoms with E-state index in [1.54, 1.807) is 24.3 Å². The molecule has 0 atom stereocenters. The molecule has 0 N–H and O–H groups in total. The third-order valence-electron chi connectivity index (χ3n) is 4.94. The molecule has 0 saturated carbocycles. The summed E-state index contributed by atoms with van der Waals surface area (Å²) in [6.45, 7) is 18.9. The summed E-state index contributed by atoms with van der Waals surface area (Å²) in [4.78, 5) is 21.1. The van der Waals surface area contributed by atoms with Crippen LogP contribution in [-0.2, 0) is 0 Å². The molecule has 0 aliphatic rings. The van der Waals surface area contributed by atoms with Crippen molar-refractivity contribution in [2.45, 2.75) is 19.8 Å². The quantitative estimate of drug-likeness (QED) is 0.343. The lowest BCUT2D eigenvalue weighted by atomic mass is 10.0. The first-order valence-electron chi connectivity index (χ1n) is 9.89. The number of hydrogen-bond acceptors (Lipinski definition) is 3. The van der Waals surface area contributed by atoms with E-state index in [1.807, 2.05) is 36.4 Å². The van der Waals surface area contributed by atoms with Crippen LogP contribution in [0.3, 0.4) is 0 Å². The second-order valence-electron chi connectivity index (χ2n) is 7.41. The summed E-state index contributed by atoms with van der Waals surface area (Å²) in [6.07, 6.45) is 0. The Kier molecular flexibility index (Phi) is 5.51. The lowest BCUT2D eigenvalue weighted by Gasteiger charge is -2.10. The first-order valence-corrected chi connectivity index (χ1v) is 9.89. The number of rotatable bonds is 4. The van der Waals surface area contributed by atoms with E-state index in [9.17, 15) is 0 Å². The van der Waals surface area contributed by atoms with Gasteiger partial charge >= 0.3 is 0 Å². The van der Waals surface area contributed by atoms with Gasteiger partial charge in [-0.3, -0.25) is 0 Å². The molecule has 0 unspecified atom stereocenters. The Morgan fingerprint density at radius 2 is 1.06 bits per heavy atom. The summed E-state index contributed by atoms with van der Waals surface area (Å²) in [6, 6.07) is 22.7. The molecule has 3 aromatic carbocycles. The smallest absolute Gasteiger partial charge is 0.187 e. The molecule has 148 valence electrons. The summed E-state index contributed by atoms with van der Waals surface area (Å²) in [5, 5.41) is 0. The minimum atomic E-state index is 0.436. The van der Waals surface area contributed by atoms with Gasteiger partial charge < -0.3 is 0 Å². The van der Waals surface area contributed by atoms with Crippen LogP contribution in [0.15, 0.2) is 72.8 Å². The van der Waals surface area contributed by atoms with Gasteiger partial charge in [0.25, 0.3) is 0 Å². The number of hydrogen-bond donors (Lipinski definition) is 0. The lowest BCUT2D eigenvalue weighted by molar-refractivity contribution is 0.867. The molecule has 0 spiro atoms. The van der Waals surface area contributed by atoms with Gasteiger partial charge in [0.15, 0.2) is 28.8 Å². The molecule has 1 aromatic heterocycles. The molecule has 0 amide bonds. The molecule has 5 heteroatoms. The van der Waals surface area contributed by atoms with Crippen molar-refractivity contribution in [1.82, 2.24) is 15.0 Å². The minimum Gasteiger partial charge on any atom is -0.238 e. The monoisotopic (exact) mass is 401 g/mol. The SMILES string of the molecule is [C-]#[N+]c1cccc(-c2nc(-c3ccc(C(C)C)cc3)nc(-c3cccc([N+]#[C-])c3)n2)c1. The number of aromatic nitrogens is 3. The molecule has 0 fully saturated rings. The molecule has 0 bridgehead atoms. The Morgan fingerprint density at radius 1 is 0.613 bits per heavy atom.